The molecule has 2 heteroatoms. The van der Waals surface area contributed by atoms with E-state index in [1.54, 1.807) is 0 Å². The average molecular weight is 258 g/mol. The second kappa shape index (κ2) is 3.97. The van der Waals surface area contributed by atoms with Gasteiger partial charge in [0, 0.05) is 11.5 Å². The average Bonchev–Trinajstić information content (AvgIpc) is 3.16. The van der Waals surface area contributed by atoms with Gasteiger partial charge in [0.05, 0.1) is 0 Å². The van der Waals surface area contributed by atoms with Crippen LogP contribution < -0.4 is 0 Å². The maximum Gasteiger partial charge on any atom is 0.334 e. The number of allylic oxidation sites excluding steroid dienone is 3. The molecule has 0 spiro atoms. The van der Waals surface area contributed by atoms with Gasteiger partial charge in [-0.25, -0.2) is 4.79 Å². The molecule has 0 aromatic heterocycles. The summed E-state index contributed by atoms with van der Waals surface area (Å²) in [6, 6.07) is 0. The second-order valence-corrected chi connectivity index (χ2v) is 6.92. The lowest BCUT2D eigenvalue weighted by molar-refractivity contribution is -0.159. The van der Waals surface area contributed by atoms with Crippen LogP contribution in [-0.2, 0) is 9.53 Å². The van der Waals surface area contributed by atoms with Crippen molar-refractivity contribution in [3.63, 3.8) is 0 Å². The van der Waals surface area contributed by atoms with Gasteiger partial charge in [-0.05, 0) is 56.3 Å². The number of ether oxygens (including phenoxy) is 1. The van der Waals surface area contributed by atoms with Crippen LogP contribution >= 0.6 is 0 Å². The first-order chi connectivity index (χ1) is 9.20. The highest BCUT2D eigenvalue weighted by Crippen LogP contribution is 2.55. The zero-order valence-electron chi connectivity index (χ0n) is 11.6. The number of hydrogen-bond donors (Lipinski definition) is 0. The molecule has 0 saturated heterocycles. The van der Waals surface area contributed by atoms with E-state index in [-0.39, 0.29) is 11.6 Å². The monoisotopic (exact) mass is 258 g/mol. The maximum absolute atomic E-state index is 12.5. The maximum atomic E-state index is 12.5. The molecule has 4 aliphatic carbocycles. The molecule has 0 aromatic carbocycles. The van der Waals surface area contributed by atoms with Gasteiger partial charge in [0.15, 0.2) is 0 Å². The van der Waals surface area contributed by atoms with Crippen molar-refractivity contribution in [2.45, 2.75) is 51.0 Å². The quantitative estimate of drug-likeness (QED) is 0.571. The first-order valence-electron chi connectivity index (χ1n) is 7.83. The summed E-state index contributed by atoms with van der Waals surface area (Å²) in [6.45, 7) is 2.24. The molecule has 4 aliphatic rings. The van der Waals surface area contributed by atoms with E-state index in [1.165, 1.54) is 12.8 Å². The Morgan fingerprint density at radius 3 is 2.95 bits per heavy atom. The molecule has 2 fully saturated rings. The Bertz CT molecular complexity index is 476. The van der Waals surface area contributed by atoms with Crippen molar-refractivity contribution in [1.82, 2.24) is 0 Å². The highest BCUT2D eigenvalue weighted by Gasteiger charge is 2.54. The van der Waals surface area contributed by atoms with Crippen molar-refractivity contribution in [3.8, 4) is 0 Å². The number of fused-ring (bicyclic) bond motifs is 4. The lowest BCUT2D eigenvalue weighted by atomic mass is 9.83. The minimum Gasteiger partial charge on any atom is -0.455 e. The highest BCUT2D eigenvalue weighted by molar-refractivity contribution is 5.91. The van der Waals surface area contributed by atoms with Crippen molar-refractivity contribution in [2.24, 2.45) is 23.7 Å². The fraction of sp³-hybridized carbons (Fsp3) is 0.706. The third-order valence-corrected chi connectivity index (χ3v) is 5.91. The first-order valence-corrected chi connectivity index (χ1v) is 7.83. The largest absolute Gasteiger partial charge is 0.455 e. The molecule has 0 N–H and O–H groups in total. The third-order valence-electron chi connectivity index (χ3n) is 5.91. The molecule has 0 amide bonds. The SMILES string of the molecule is CCC1CC2CCC1(OC(=O)C1=CC3C=CC1C3)C2. The van der Waals surface area contributed by atoms with E-state index in [9.17, 15) is 4.79 Å². The summed E-state index contributed by atoms with van der Waals surface area (Å²) in [7, 11) is 0. The predicted octanol–water partition coefficient (Wildman–Crippen LogP) is 3.63. The van der Waals surface area contributed by atoms with Crippen LogP contribution in [0.4, 0.5) is 0 Å². The molecule has 5 atom stereocenters. The van der Waals surface area contributed by atoms with Gasteiger partial charge in [-0.3, -0.25) is 0 Å². The molecule has 2 saturated carbocycles. The topological polar surface area (TPSA) is 26.3 Å². The number of esters is 1. The number of carbonyl (C=O) groups excluding carboxylic acids is 1. The van der Waals surface area contributed by atoms with E-state index >= 15 is 0 Å². The Balaban J connectivity index is 1.52. The summed E-state index contributed by atoms with van der Waals surface area (Å²) < 4.78 is 6.09. The van der Waals surface area contributed by atoms with Crippen LogP contribution in [0.3, 0.4) is 0 Å². The molecule has 0 aliphatic heterocycles. The van der Waals surface area contributed by atoms with Crippen molar-refractivity contribution in [2.75, 3.05) is 0 Å². The van der Waals surface area contributed by atoms with Crippen LogP contribution in [0.5, 0.6) is 0 Å². The number of hydrogen-bond acceptors (Lipinski definition) is 2. The van der Waals surface area contributed by atoms with Gasteiger partial charge in [-0.2, -0.15) is 0 Å². The molecule has 4 bridgehead atoms. The Kier molecular flexibility index (Phi) is 2.46. The van der Waals surface area contributed by atoms with E-state index in [4.69, 9.17) is 4.74 Å². The summed E-state index contributed by atoms with van der Waals surface area (Å²) in [6.07, 6.45) is 13.5. The first kappa shape index (κ1) is 11.7. The Morgan fingerprint density at radius 1 is 1.42 bits per heavy atom. The van der Waals surface area contributed by atoms with Gasteiger partial charge in [0.2, 0.25) is 0 Å². The summed E-state index contributed by atoms with van der Waals surface area (Å²) in [5, 5.41) is 0. The van der Waals surface area contributed by atoms with Crippen molar-refractivity contribution >= 4 is 5.97 Å². The van der Waals surface area contributed by atoms with Gasteiger partial charge in [-0.15, -0.1) is 0 Å². The molecule has 0 aromatic rings. The lowest BCUT2D eigenvalue weighted by Crippen LogP contribution is -2.38. The second-order valence-electron chi connectivity index (χ2n) is 6.92. The Morgan fingerprint density at radius 2 is 2.32 bits per heavy atom. The highest BCUT2D eigenvalue weighted by atomic mass is 16.6. The normalized spacial score (nSPS) is 45.8. The number of rotatable bonds is 3. The van der Waals surface area contributed by atoms with E-state index in [2.05, 4.69) is 25.2 Å². The molecular weight excluding hydrogens is 236 g/mol. The summed E-state index contributed by atoms with van der Waals surface area (Å²) >= 11 is 0. The summed E-state index contributed by atoms with van der Waals surface area (Å²) in [5.41, 5.74) is 0.829. The van der Waals surface area contributed by atoms with E-state index < -0.39 is 0 Å². The third kappa shape index (κ3) is 1.65. The molecule has 4 rings (SSSR count). The van der Waals surface area contributed by atoms with E-state index in [0.717, 1.165) is 37.2 Å². The molecule has 102 valence electrons. The minimum atomic E-state index is -0.108. The zero-order chi connectivity index (χ0) is 13.0. The molecule has 0 heterocycles. The lowest BCUT2D eigenvalue weighted by Gasteiger charge is -2.34. The Labute approximate surface area is 114 Å². The number of carbonyl (C=O) groups is 1. The van der Waals surface area contributed by atoms with Gasteiger partial charge >= 0.3 is 5.97 Å². The molecule has 19 heavy (non-hydrogen) atoms. The van der Waals surface area contributed by atoms with Gasteiger partial charge < -0.3 is 4.74 Å². The van der Waals surface area contributed by atoms with Crippen LogP contribution in [0.1, 0.15) is 45.4 Å². The Hall–Kier alpha value is -1.05. The molecule has 0 radical (unpaired) electrons. The van der Waals surface area contributed by atoms with Crippen LogP contribution in [0.25, 0.3) is 0 Å². The molecular formula is C17H22O2. The smallest absolute Gasteiger partial charge is 0.334 e. The van der Waals surface area contributed by atoms with Crippen molar-refractivity contribution < 1.29 is 9.53 Å². The summed E-state index contributed by atoms with van der Waals surface area (Å²) in [4.78, 5) is 12.5. The van der Waals surface area contributed by atoms with Crippen LogP contribution in [0.2, 0.25) is 0 Å². The van der Waals surface area contributed by atoms with Gasteiger partial charge in [0.25, 0.3) is 0 Å². The predicted molar refractivity (Wildman–Crippen MR) is 73.4 cm³/mol. The zero-order valence-corrected chi connectivity index (χ0v) is 11.6. The van der Waals surface area contributed by atoms with Crippen LogP contribution in [0.15, 0.2) is 23.8 Å². The van der Waals surface area contributed by atoms with E-state index in [0.29, 0.717) is 17.8 Å². The molecule has 5 unspecified atom stereocenters. The van der Waals surface area contributed by atoms with Gasteiger partial charge in [-0.1, -0.05) is 25.2 Å². The van der Waals surface area contributed by atoms with E-state index in [1.807, 2.05) is 0 Å². The van der Waals surface area contributed by atoms with Crippen LogP contribution in [-0.4, -0.2) is 11.6 Å². The van der Waals surface area contributed by atoms with Gasteiger partial charge in [0.1, 0.15) is 5.60 Å². The summed E-state index contributed by atoms with van der Waals surface area (Å²) in [5.74, 6) is 2.23. The standard InChI is InChI=1S/C17H22O2/c1-2-14-8-12-5-6-17(14,10-12)19-16(18)15-9-11-3-4-13(15)7-11/h3-4,9,11-14H,2,5-8,10H2,1H3. The molecule has 2 nitrogen and oxygen atoms in total. The van der Waals surface area contributed by atoms with Crippen molar-refractivity contribution in [1.29, 1.82) is 0 Å². The van der Waals surface area contributed by atoms with Crippen LogP contribution in [0, 0.1) is 23.7 Å². The fourth-order valence-corrected chi connectivity index (χ4v) is 4.94. The fourth-order valence-electron chi connectivity index (χ4n) is 4.94. The van der Waals surface area contributed by atoms with Crippen molar-refractivity contribution in [3.05, 3.63) is 23.8 Å². The minimum absolute atomic E-state index is 0.0159.